The summed E-state index contributed by atoms with van der Waals surface area (Å²) in [5, 5.41) is 16.0. The number of aliphatic hydroxyl groups is 1. The molecule has 0 fully saturated rings. The van der Waals surface area contributed by atoms with Crippen molar-refractivity contribution in [2.24, 2.45) is 0 Å². The van der Waals surface area contributed by atoms with E-state index in [1.807, 2.05) is 11.4 Å². The van der Waals surface area contributed by atoms with Gasteiger partial charge in [-0.25, -0.2) is 14.4 Å². The van der Waals surface area contributed by atoms with Gasteiger partial charge >= 0.3 is 0 Å². The van der Waals surface area contributed by atoms with Gasteiger partial charge in [-0.05, 0) is 29.1 Å². The molecule has 0 unspecified atom stereocenters. The van der Waals surface area contributed by atoms with Crippen molar-refractivity contribution in [1.29, 1.82) is 0 Å². The van der Waals surface area contributed by atoms with Crippen LogP contribution in [0.5, 0.6) is 0 Å². The minimum absolute atomic E-state index is 0.0368. The highest BCUT2D eigenvalue weighted by atomic mass is 35.5. The number of hydrogen-bond acceptors (Lipinski definition) is 5. The molecule has 2 N–H and O–H groups in total. The SMILES string of the molecule is O[C@@H](CNc1ncnc2sccc12)c1ccc(Cl)c(F)c1. The maximum atomic E-state index is 13.4. The first kappa shape index (κ1) is 14.2. The van der Waals surface area contributed by atoms with Crippen LogP contribution < -0.4 is 5.32 Å². The molecule has 108 valence electrons. The molecular weight excluding hydrogens is 313 g/mol. The van der Waals surface area contributed by atoms with Gasteiger partial charge in [0.05, 0.1) is 16.5 Å². The van der Waals surface area contributed by atoms with Gasteiger partial charge in [0.1, 0.15) is 22.8 Å². The normalized spacial score (nSPS) is 12.5. The van der Waals surface area contributed by atoms with Gasteiger partial charge in [0, 0.05) is 6.54 Å². The molecule has 2 aromatic heterocycles. The van der Waals surface area contributed by atoms with Crippen LogP contribution in [0.2, 0.25) is 5.02 Å². The molecule has 0 bridgehead atoms. The van der Waals surface area contributed by atoms with E-state index in [0.29, 0.717) is 11.4 Å². The summed E-state index contributed by atoms with van der Waals surface area (Å²) in [5.74, 6) is 0.102. The Balaban J connectivity index is 1.75. The van der Waals surface area contributed by atoms with E-state index in [2.05, 4.69) is 15.3 Å². The highest BCUT2D eigenvalue weighted by molar-refractivity contribution is 7.16. The van der Waals surface area contributed by atoms with Crippen molar-refractivity contribution in [3.63, 3.8) is 0 Å². The smallest absolute Gasteiger partial charge is 0.142 e. The number of fused-ring (bicyclic) bond motifs is 1. The van der Waals surface area contributed by atoms with Gasteiger partial charge in [-0.2, -0.15) is 0 Å². The summed E-state index contributed by atoms with van der Waals surface area (Å²) >= 11 is 7.14. The van der Waals surface area contributed by atoms with E-state index < -0.39 is 11.9 Å². The Bertz CT molecular complexity index is 780. The first-order chi connectivity index (χ1) is 10.1. The molecule has 0 aliphatic heterocycles. The molecule has 0 saturated heterocycles. The number of anilines is 1. The van der Waals surface area contributed by atoms with Crippen LogP contribution in [0, 0.1) is 5.82 Å². The van der Waals surface area contributed by atoms with Crippen molar-refractivity contribution in [1.82, 2.24) is 9.97 Å². The van der Waals surface area contributed by atoms with Crippen molar-refractivity contribution in [2.75, 3.05) is 11.9 Å². The van der Waals surface area contributed by atoms with Crippen LogP contribution in [0.15, 0.2) is 36.0 Å². The number of nitrogens with one attached hydrogen (secondary N) is 1. The minimum atomic E-state index is -0.861. The van der Waals surface area contributed by atoms with E-state index in [0.717, 1.165) is 10.2 Å². The third-order valence-corrected chi connectivity index (χ3v) is 4.18. The number of hydrogen-bond donors (Lipinski definition) is 2. The van der Waals surface area contributed by atoms with Gasteiger partial charge in [-0.3, -0.25) is 0 Å². The summed E-state index contributed by atoms with van der Waals surface area (Å²) in [4.78, 5) is 9.18. The predicted octanol–water partition coefficient (Wildman–Crippen LogP) is 3.63. The van der Waals surface area contributed by atoms with Crippen LogP contribution in [0.3, 0.4) is 0 Å². The van der Waals surface area contributed by atoms with Crippen molar-refractivity contribution in [3.05, 3.63) is 52.4 Å². The van der Waals surface area contributed by atoms with Crippen LogP contribution >= 0.6 is 22.9 Å². The standard InChI is InChI=1S/C14H11ClFN3OS/c15-10-2-1-8(5-11(10)16)12(20)6-17-13-9-3-4-21-14(9)19-7-18-13/h1-5,7,12,20H,6H2,(H,17,18,19)/t12-/m0/s1. The van der Waals surface area contributed by atoms with Gasteiger partial charge in [-0.15, -0.1) is 11.3 Å². The van der Waals surface area contributed by atoms with E-state index in [1.54, 1.807) is 6.07 Å². The minimum Gasteiger partial charge on any atom is -0.387 e. The molecule has 4 nitrogen and oxygen atoms in total. The second-order valence-electron chi connectivity index (χ2n) is 4.43. The lowest BCUT2D eigenvalue weighted by Gasteiger charge is -2.13. The fourth-order valence-electron chi connectivity index (χ4n) is 1.96. The summed E-state index contributed by atoms with van der Waals surface area (Å²) in [6, 6.07) is 6.17. The van der Waals surface area contributed by atoms with Crippen LogP contribution in [-0.2, 0) is 0 Å². The fourth-order valence-corrected chi connectivity index (χ4v) is 2.81. The molecule has 2 heterocycles. The molecule has 0 saturated carbocycles. The fraction of sp³-hybridized carbons (Fsp3) is 0.143. The van der Waals surface area contributed by atoms with Gasteiger partial charge in [-0.1, -0.05) is 17.7 Å². The molecule has 0 spiro atoms. The average molecular weight is 324 g/mol. The van der Waals surface area contributed by atoms with E-state index in [9.17, 15) is 9.50 Å². The third-order valence-electron chi connectivity index (χ3n) is 3.05. The molecule has 1 aromatic carbocycles. The number of nitrogens with zero attached hydrogens (tertiary/aromatic N) is 2. The molecule has 0 aliphatic rings. The van der Waals surface area contributed by atoms with Gasteiger partial charge in [0.15, 0.2) is 0 Å². The topological polar surface area (TPSA) is 58.0 Å². The van der Waals surface area contributed by atoms with Crippen LogP contribution in [0.1, 0.15) is 11.7 Å². The first-order valence-electron chi connectivity index (χ1n) is 6.20. The number of thiophene rings is 1. The zero-order valence-corrected chi connectivity index (χ0v) is 12.3. The molecule has 1 atom stereocenters. The molecule has 3 rings (SSSR count). The summed E-state index contributed by atoms with van der Waals surface area (Å²) in [5.41, 5.74) is 0.458. The summed E-state index contributed by atoms with van der Waals surface area (Å²) < 4.78 is 13.4. The quantitative estimate of drug-likeness (QED) is 0.769. The average Bonchev–Trinajstić information content (AvgIpc) is 2.96. The van der Waals surface area contributed by atoms with Crippen LogP contribution in [0.25, 0.3) is 10.2 Å². The van der Waals surface area contributed by atoms with Crippen LogP contribution in [0.4, 0.5) is 10.2 Å². The molecule has 0 amide bonds. The number of aromatic nitrogens is 2. The summed E-state index contributed by atoms with van der Waals surface area (Å²) in [6.07, 6.45) is 0.607. The van der Waals surface area contributed by atoms with Gasteiger partial charge in [0.2, 0.25) is 0 Å². The molecule has 7 heteroatoms. The van der Waals surface area contributed by atoms with Crippen molar-refractivity contribution >= 4 is 39.0 Å². The number of rotatable bonds is 4. The second-order valence-corrected chi connectivity index (χ2v) is 5.73. The molecular formula is C14H11ClFN3OS. The third kappa shape index (κ3) is 2.97. The van der Waals surface area contributed by atoms with Crippen molar-refractivity contribution in [2.45, 2.75) is 6.10 Å². The summed E-state index contributed by atoms with van der Waals surface area (Å²) in [6.45, 7) is 0.211. The lowest BCUT2D eigenvalue weighted by Crippen LogP contribution is -2.13. The van der Waals surface area contributed by atoms with Crippen LogP contribution in [-0.4, -0.2) is 21.6 Å². The molecule has 0 aliphatic carbocycles. The number of benzene rings is 1. The number of halogens is 2. The van der Waals surface area contributed by atoms with Gasteiger partial charge in [0.25, 0.3) is 0 Å². The molecule has 3 aromatic rings. The van der Waals surface area contributed by atoms with Gasteiger partial charge < -0.3 is 10.4 Å². The van der Waals surface area contributed by atoms with E-state index in [4.69, 9.17) is 11.6 Å². The Kier molecular flexibility index (Phi) is 4.01. The van der Waals surface area contributed by atoms with Crippen molar-refractivity contribution < 1.29 is 9.50 Å². The largest absolute Gasteiger partial charge is 0.387 e. The lowest BCUT2D eigenvalue weighted by molar-refractivity contribution is 0.191. The Morgan fingerprint density at radius 2 is 2.19 bits per heavy atom. The second kappa shape index (κ2) is 5.93. The maximum absolute atomic E-state index is 13.4. The van der Waals surface area contributed by atoms with E-state index in [1.165, 1.54) is 29.8 Å². The zero-order chi connectivity index (χ0) is 14.8. The Morgan fingerprint density at radius 1 is 1.33 bits per heavy atom. The zero-order valence-electron chi connectivity index (χ0n) is 10.8. The number of aliphatic hydroxyl groups excluding tert-OH is 1. The predicted molar refractivity (Wildman–Crippen MR) is 82.3 cm³/mol. The highest BCUT2D eigenvalue weighted by Crippen LogP contribution is 2.25. The highest BCUT2D eigenvalue weighted by Gasteiger charge is 2.11. The Hall–Kier alpha value is -1.76. The lowest BCUT2D eigenvalue weighted by atomic mass is 10.1. The Labute approximate surface area is 129 Å². The van der Waals surface area contributed by atoms with Crippen molar-refractivity contribution in [3.8, 4) is 0 Å². The van der Waals surface area contributed by atoms with E-state index >= 15 is 0 Å². The summed E-state index contributed by atoms with van der Waals surface area (Å²) in [7, 11) is 0. The monoisotopic (exact) mass is 323 g/mol. The molecule has 0 radical (unpaired) electrons. The first-order valence-corrected chi connectivity index (χ1v) is 7.46. The van der Waals surface area contributed by atoms with E-state index in [-0.39, 0.29) is 11.6 Å². The molecule has 21 heavy (non-hydrogen) atoms. The Morgan fingerprint density at radius 3 is 3.00 bits per heavy atom. The maximum Gasteiger partial charge on any atom is 0.142 e.